The van der Waals surface area contributed by atoms with Crippen LogP contribution in [0, 0.1) is 0 Å². The van der Waals surface area contributed by atoms with Crippen LogP contribution >= 0.6 is 0 Å². The molecule has 2 nitrogen and oxygen atoms in total. The van der Waals surface area contributed by atoms with Gasteiger partial charge in [-0.25, -0.2) is 0 Å². The van der Waals surface area contributed by atoms with E-state index in [0.29, 0.717) is 0 Å². The van der Waals surface area contributed by atoms with Crippen molar-refractivity contribution < 1.29 is 4.74 Å². The Hall–Kier alpha value is -1.02. The lowest BCUT2D eigenvalue weighted by Gasteiger charge is -2.33. The second-order valence-electron chi connectivity index (χ2n) is 4.31. The van der Waals surface area contributed by atoms with Gasteiger partial charge in [-0.15, -0.1) is 0 Å². The predicted octanol–water partition coefficient (Wildman–Crippen LogP) is 4.60. The average Bonchev–Trinajstić information content (AvgIpc) is 2.82. The van der Waals surface area contributed by atoms with Gasteiger partial charge >= 0.3 is 0 Å². The largest absolute Gasteiger partial charge is 0.487 e. The quantitative estimate of drug-likeness (QED) is 0.788. The number of nitrogens with one attached hydrogen (secondary N) is 1. The smallest absolute Gasteiger partial charge is 0.123 e. The number of ether oxygens (including phenoxy) is 1. The van der Waals surface area contributed by atoms with Crippen LogP contribution in [0.25, 0.3) is 0 Å². The van der Waals surface area contributed by atoms with Crippen LogP contribution in [0.3, 0.4) is 0 Å². The van der Waals surface area contributed by atoms with Crippen molar-refractivity contribution in [2.24, 2.45) is 0 Å². The summed E-state index contributed by atoms with van der Waals surface area (Å²) >= 11 is 0. The topological polar surface area (TPSA) is 21.3 Å². The van der Waals surface area contributed by atoms with Gasteiger partial charge in [0.15, 0.2) is 0 Å². The van der Waals surface area contributed by atoms with Crippen LogP contribution in [-0.2, 0) is 4.74 Å². The van der Waals surface area contributed by atoms with Crippen molar-refractivity contribution >= 4 is 0 Å². The Bertz CT molecular complexity index is 309. The molecule has 2 aliphatic rings. The van der Waals surface area contributed by atoms with Gasteiger partial charge in [-0.05, 0) is 44.5 Å². The summed E-state index contributed by atoms with van der Waals surface area (Å²) in [6.07, 6.45) is 9.24. The van der Waals surface area contributed by atoms with Crippen molar-refractivity contribution in [2.75, 3.05) is 13.1 Å². The summed E-state index contributed by atoms with van der Waals surface area (Å²) in [7, 11) is 0. The minimum atomic E-state index is 0.0591. The van der Waals surface area contributed by atoms with Crippen molar-refractivity contribution in [1.82, 2.24) is 5.32 Å². The highest BCUT2D eigenvalue weighted by Crippen LogP contribution is 2.40. The molecule has 0 atom stereocenters. The fourth-order valence-corrected chi connectivity index (χ4v) is 2.40. The fourth-order valence-electron chi connectivity index (χ4n) is 2.40. The maximum atomic E-state index is 6.12. The minimum absolute atomic E-state index is 0.0591. The molecule has 0 aromatic rings. The van der Waals surface area contributed by atoms with E-state index in [1.54, 1.807) is 0 Å². The Morgan fingerprint density at radius 3 is 2.21 bits per heavy atom. The van der Waals surface area contributed by atoms with E-state index in [1.807, 2.05) is 52.8 Å². The first-order valence-electron chi connectivity index (χ1n) is 7.68. The Morgan fingerprint density at radius 2 is 1.74 bits per heavy atom. The molecule has 1 saturated heterocycles. The highest BCUT2D eigenvalue weighted by atomic mass is 16.5. The zero-order valence-electron chi connectivity index (χ0n) is 13.4. The van der Waals surface area contributed by atoms with E-state index < -0.39 is 0 Å². The van der Waals surface area contributed by atoms with E-state index in [-0.39, 0.29) is 5.60 Å². The molecule has 1 spiro atoms. The summed E-state index contributed by atoms with van der Waals surface area (Å²) in [4.78, 5) is 0. The summed E-state index contributed by atoms with van der Waals surface area (Å²) < 4.78 is 6.12. The van der Waals surface area contributed by atoms with Crippen LogP contribution in [0.4, 0.5) is 0 Å². The molecule has 0 saturated carbocycles. The fraction of sp³-hybridized carbons (Fsp3) is 0.647. The highest BCUT2D eigenvalue weighted by Gasteiger charge is 2.39. The van der Waals surface area contributed by atoms with Gasteiger partial charge in [-0.1, -0.05) is 46.4 Å². The molecular weight excluding hydrogens is 234 g/mol. The van der Waals surface area contributed by atoms with Gasteiger partial charge < -0.3 is 10.1 Å². The lowest BCUT2D eigenvalue weighted by Crippen LogP contribution is -2.41. The van der Waals surface area contributed by atoms with Crippen LogP contribution in [0.1, 0.15) is 53.9 Å². The maximum Gasteiger partial charge on any atom is 0.123 e. The summed E-state index contributed by atoms with van der Waals surface area (Å²) in [6, 6.07) is 0. The third-order valence-corrected chi connectivity index (χ3v) is 3.23. The van der Waals surface area contributed by atoms with Gasteiger partial charge in [0.2, 0.25) is 0 Å². The lowest BCUT2D eigenvalue weighted by molar-refractivity contribution is 0.00464. The van der Waals surface area contributed by atoms with E-state index in [2.05, 4.69) is 11.9 Å². The van der Waals surface area contributed by atoms with E-state index in [1.165, 1.54) is 5.57 Å². The highest BCUT2D eigenvalue weighted by molar-refractivity contribution is 5.34. The van der Waals surface area contributed by atoms with E-state index >= 15 is 0 Å². The van der Waals surface area contributed by atoms with Gasteiger partial charge in [0.1, 0.15) is 11.4 Å². The Kier molecular flexibility index (Phi) is 9.32. The lowest BCUT2D eigenvalue weighted by atomic mass is 9.87. The molecule has 0 aromatic heterocycles. The number of allylic oxidation sites excluding steroid dienone is 3. The van der Waals surface area contributed by atoms with Crippen molar-refractivity contribution in [3.05, 3.63) is 36.1 Å². The minimum Gasteiger partial charge on any atom is -0.487 e. The Morgan fingerprint density at radius 1 is 1.16 bits per heavy atom. The molecule has 1 fully saturated rings. The zero-order chi connectivity index (χ0) is 14.7. The van der Waals surface area contributed by atoms with Gasteiger partial charge in [0.05, 0.1) is 0 Å². The van der Waals surface area contributed by atoms with E-state index in [9.17, 15) is 0 Å². The third-order valence-electron chi connectivity index (χ3n) is 3.23. The molecule has 0 aliphatic carbocycles. The molecule has 0 bridgehead atoms. The van der Waals surface area contributed by atoms with Crippen LogP contribution in [0.5, 0.6) is 0 Å². The summed E-state index contributed by atoms with van der Waals surface area (Å²) in [6.45, 7) is 16.0. The van der Waals surface area contributed by atoms with Crippen molar-refractivity contribution in [2.45, 2.75) is 59.5 Å². The molecule has 2 heteroatoms. The Balaban J connectivity index is 0.000000741. The first-order chi connectivity index (χ1) is 9.29. The SMILES string of the molecule is C=CC1=C(/C=C\C)OC2(CCNCC2)C1.CC.CC. The normalized spacial score (nSPS) is 20.3. The number of hydrogen-bond acceptors (Lipinski definition) is 2. The third kappa shape index (κ3) is 4.87. The molecule has 19 heavy (non-hydrogen) atoms. The van der Waals surface area contributed by atoms with Gasteiger partial charge in [0, 0.05) is 6.42 Å². The summed E-state index contributed by atoms with van der Waals surface area (Å²) in [5.41, 5.74) is 1.32. The first-order valence-corrected chi connectivity index (χ1v) is 7.68. The van der Waals surface area contributed by atoms with Crippen LogP contribution in [0.2, 0.25) is 0 Å². The average molecular weight is 265 g/mol. The monoisotopic (exact) mass is 265 g/mol. The molecule has 0 aromatic carbocycles. The van der Waals surface area contributed by atoms with Gasteiger partial charge in [-0.3, -0.25) is 0 Å². The van der Waals surface area contributed by atoms with E-state index in [0.717, 1.165) is 38.1 Å². The summed E-state index contributed by atoms with van der Waals surface area (Å²) in [5, 5.41) is 3.37. The number of hydrogen-bond donors (Lipinski definition) is 1. The Labute approximate surface area is 119 Å². The first kappa shape index (κ1) is 18.0. The van der Waals surface area contributed by atoms with Crippen LogP contribution in [-0.4, -0.2) is 18.7 Å². The molecular formula is C17H31NO. The van der Waals surface area contributed by atoms with E-state index in [4.69, 9.17) is 4.74 Å². The summed E-state index contributed by atoms with van der Waals surface area (Å²) in [5.74, 6) is 1.02. The van der Waals surface area contributed by atoms with Crippen LogP contribution in [0.15, 0.2) is 36.1 Å². The number of rotatable bonds is 2. The molecule has 2 rings (SSSR count). The van der Waals surface area contributed by atoms with Crippen molar-refractivity contribution in [1.29, 1.82) is 0 Å². The molecule has 110 valence electrons. The van der Waals surface area contributed by atoms with Gasteiger partial charge in [-0.2, -0.15) is 0 Å². The number of piperidine rings is 1. The second kappa shape index (κ2) is 9.85. The second-order valence-corrected chi connectivity index (χ2v) is 4.31. The van der Waals surface area contributed by atoms with Crippen molar-refractivity contribution in [3.63, 3.8) is 0 Å². The zero-order valence-corrected chi connectivity index (χ0v) is 13.4. The molecule has 0 unspecified atom stereocenters. The van der Waals surface area contributed by atoms with Gasteiger partial charge in [0.25, 0.3) is 0 Å². The maximum absolute atomic E-state index is 6.12. The molecule has 2 aliphatic heterocycles. The molecule has 2 heterocycles. The van der Waals surface area contributed by atoms with Crippen LogP contribution < -0.4 is 5.32 Å². The predicted molar refractivity (Wildman–Crippen MR) is 85.3 cm³/mol. The molecule has 0 amide bonds. The molecule has 0 radical (unpaired) electrons. The molecule has 1 N–H and O–H groups in total. The standard InChI is InChI=1S/C13H19NO.2C2H6/c1-3-5-12-11(4-2)10-13(15-12)6-8-14-9-7-13;2*1-2/h3-5,14H,2,6-10H2,1H3;2*1-2H3/b5-3-;;. The van der Waals surface area contributed by atoms with Crippen molar-refractivity contribution in [3.8, 4) is 0 Å².